The number of hydrogen-bond donors (Lipinski definition) is 1. The Hall–Kier alpha value is -1.39. The van der Waals surface area contributed by atoms with E-state index in [1.54, 1.807) is 29.1 Å². The first kappa shape index (κ1) is 11.1. The van der Waals surface area contributed by atoms with Gasteiger partial charge in [0.2, 0.25) is 0 Å². The van der Waals surface area contributed by atoms with Gasteiger partial charge in [0.05, 0.1) is 17.8 Å². The second kappa shape index (κ2) is 4.63. The Balaban J connectivity index is 2.28. The van der Waals surface area contributed by atoms with E-state index in [2.05, 4.69) is 5.10 Å². The number of halogens is 2. The third-order valence-corrected chi connectivity index (χ3v) is 2.51. The van der Waals surface area contributed by atoms with Gasteiger partial charge >= 0.3 is 0 Å². The molecular formula is C11H11ClFN3. The van der Waals surface area contributed by atoms with Crippen molar-refractivity contribution in [2.24, 2.45) is 5.73 Å². The molecule has 84 valence electrons. The van der Waals surface area contributed by atoms with Gasteiger partial charge in [-0.2, -0.15) is 5.10 Å². The van der Waals surface area contributed by atoms with Crippen LogP contribution >= 0.6 is 11.6 Å². The summed E-state index contributed by atoms with van der Waals surface area (Å²) in [5, 5.41) is 4.53. The van der Waals surface area contributed by atoms with Crippen LogP contribution in [0.15, 0.2) is 30.6 Å². The van der Waals surface area contributed by atoms with Crippen LogP contribution in [0.2, 0.25) is 5.02 Å². The summed E-state index contributed by atoms with van der Waals surface area (Å²) in [5.74, 6) is -0.267. The van der Waals surface area contributed by atoms with Gasteiger partial charge in [0.25, 0.3) is 0 Å². The number of nitrogens with two attached hydrogens (primary N) is 1. The standard InChI is InChI=1S/C11H11ClFN3/c12-10-5-15-16(7-10)6-9-3-1-2-8(4-14)11(9)13/h1-3,5,7H,4,6,14H2. The summed E-state index contributed by atoms with van der Waals surface area (Å²) in [5.41, 5.74) is 6.50. The number of aromatic nitrogens is 2. The van der Waals surface area contributed by atoms with Gasteiger partial charge in [-0.15, -0.1) is 0 Å². The van der Waals surface area contributed by atoms with Gasteiger partial charge in [-0.3, -0.25) is 4.68 Å². The van der Waals surface area contributed by atoms with Crippen molar-refractivity contribution in [1.29, 1.82) is 0 Å². The summed E-state index contributed by atoms with van der Waals surface area (Å²) >= 11 is 5.73. The summed E-state index contributed by atoms with van der Waals surface area (Å²) in [7, 11) is 0. The van der Waals surface area contributed by atoms with Crippen molar-refractivity contribution >= 4 is 11.6 Å². The van der Waals surface area contributed by atoms with Crippen molar-refractivity contribution in [3.8, 4) is 0 Å². The minimum Gasteiger partial charge on any atom is -0.326 e. The van der Waals surface area contributed by atoms with Crippen LogP contribution in [0.5, 0.6) is 0 Å². The van der Waals surface area contributed by atoms with Gasteiger partial charge in [0, 0.05) is 23.9 Å². The first-order valence-electron chi connectivity index (χ1n) is 4.85. The van der Waals surface area contributed by atoms with Crippen LogP contribution in [0.3, 0.4) is 0 Å². The minimum absolute atomic E-state index is 0.194. The number of nitrogens with zero attached hydrogens (tertiary/aromatic N) is 2. The molecular weight excluding hydrogens is 229 g/mol. The summed E-state index contributed by atoms with van der Waals surface area (Å²) in [4.78, 5) is 0. The molecule has 0 aliphatic rings. The molecule has 0 fully saturated rings. The zero-order chi connectivity index (χ0) is 11.5. The van der Waals surface area contributed by atoms with E-state index in [1.165, 1.54) is 6.20 Å². The summed E-state index contributed by atoms with van der Waals surface area (Å²) in [6, 6.07) is 5.17. The molecule has 5 heteroatoms. The number of rotatable bonds is 3. The summed E-state index contributed by atoms with van der Waals surface area (Å²) in [6.07, 6.45) is 3.17. The lowest BCUT2D eigenvalue weighted by atomic mass is 10.1. The van der Waals surface area contributed by atoms with Crippen molar-refractivity contribution in [2.45, 2.75) is 13.1 Å². The third kappa shape index (κ3) is 2.23. The van der Waals surface area contributed by atoms with Crippen LogP contribution in [0, 0.1) is 5.82 Å². The fourth-order valence-corrected chi connectivity index (χ4v) is 1.67. The summed E-state index contributed by atoms with van der Waals surface area (Å²) in [6.45, 7) is 0.548. The Morgan fingerprint density at radius 3 is 2.75 bits per heavy atom. The molecule has 2 N–H and O–H groups in total. The Bertz CT molecular complexity index is 496. The highest BCUT2D eigenvalue weighted by atomic mass is 35.5. The SMILES string of the molecule is NCc1cccc(Cn2cc(Cl)cn2)c1F. The molecule has 2 rings (SSSR count). The molecule has 0 amide bonds. The second-order valence-corrected chi connectivity index (χ2v) is 3.89. The molecule has 2 aromatic rings. The van der Waals surface area contributed by atoms with Crippen molar-refractivity contribution in [3.05, 3.63) is 52.6 Å². The van der Waals surface area contributed by atoms with Crippen LogP contribution in [0.1, 0.15) is 11.1 Å². The Labute approximate surface area is 97.6 Å². The van der Waals surface area contributed by atoms with Gasteiger partial charge in [0.15, 0.2) is 0 Å². The molecule has 16 heavy (non-hydrogen) atoms. The van der Waals surface area contributed by atoms with E-state index in [0.29, 0.717) is 22.7 Å². The van der Waals surface area contributed by atoms with E-state index in [-0.39, 0.29) is 12.4 Å². The normalized spacial score (nSPS) is 10.7. The highest BCUT2D eigenvalue weighted by Crippen LogP contribution is 2.14. The Morgan fingerprint density at radius 1 is 1.38 bits per heavy atom. The average Bonchev–Trinajstić information content (AvgIpc) is 2.67. The second-order valence-electron chi connectivity index (χ2n) is 3.45. The minimum atomic E-state index is -0.267. The molecule has 0 aliphatic heterocycles. The van der Waals surface area contributed by atoms with Crippen LogP contribution in [0.4, 0.5) is 4.39 Å². The first-order valence-corrected chi connectivity index (χ1v) is 5.23. The molecule has 0 saturated carbocycles. The molecule has 0 spiro atoms. The van der Waals surface area contributed by atoms with Gasteiger partial charge in [0.1, 0.15) is 5.82 Å². The van der Waals surface area contributed by atoms with Gasteiger partial charge < -0.3 is 5.73 Å². The molecule has 0 unspecified atom stereocenters. The fraction of sp³-hybridized carbons (Fsp3) is 0.182. The maximum atomic E-state index is 13.8. The monoisotopic (exact) mass is 239 g/mol. The van der Waals surface area contributed by atoms with Crippen molar-refractivity contribution in [1.82, 2.24) is 9.78 Å². The predicted molar refractivity (Wildman–Crippen MR) is 60.6 cm³/mol. The smallest absolute Gasteiger partial charge is 0.132 e. The first-order chi connectivity index (χ1) is 7.70. The van der Waals surface area contributed by atoms with E-state index in [9.17, 15) is 4.39 Å². The maximum absolute atomic E-state index is 13.8. The lowest BCUT2D eigenvalue weighted by Crippen LogP contribution is -2.06. The molecule has 3 nitrogen and oxygen atoms in total. The number of hydrogen-bond acceptors (Lipinski definition) is 2. The topological polar surface area (TPSA) is 43.8 Å². The van der Waals surface area contributed by atoms with E-state index < -0.39 is 0 Å². The van der Waals surface area contributed by atoms with Crippen molar-refractivity contribution < 1.29 is 4.39 Å². The van der Waals surface area contributed by atoms with Gasteiger partial charge in [-0.05, 0) is 0 Å². The summed E-state index contributed by atoms with van der Waals surface area (Å²) < 4.78 is 15.4. The lowest BCUT2D eigenvalue weighted by Gasteiger charge is -2.06. The van der Waals surface area contributed by atoms with Crippen molar-refractivity contribution in [2.75, 3.05) is 0 Å². The number of benzene rings is 1. The molecule has 0 radical (unpaired) electrons. The molecule has 1 heterocycles. The zero-order valence-electron chi connectivity index (χ0n) is 8.53. The quantitative estimate of drug-likeness (QED) is 0.892. The predicted octanol–water partition coefficient (Wildman–Crippen LogP) is 2.18. The lowest BCUT2D eigenvalue weighted by molar-refractivity contribution is 0.572. The zero-order valence-corrected chi connectivity index (χ0v) is 9.28. The third-order valence-electron chi connectivity index (χ3n) is 2.31. The van der Waals surface area contributed by atoms with Gasteiger partial charge in [-0.1, -0.05) is 29.8 Å². The molecule has 0 bridgehead atoms. The maximum Gasteiger partial charge on any atom is 0.132 e. The largest absolute Gasteiger partial charge is 0.326 e. The molecule has 1 aromatic heterocycles. The Kier molecular flexibility index (Phi) is 3.22. The molecule has 0 atom stereocenters. The van der Waals surface area contributed by atoms with Crippen LogP contribution < -0.4 is 5.73 Å². The fourth-order valence-electron chi connectivity index (χ4n) is 1.51. The van der Waals surface area contributed by atoms with Crippen LogP contribution in [-0.4, -0.2) is 9.78 Å². The van der Waals surface area contributed by atoms with E-state index in [4.69, 9.17) is 17.3 Å². The molecule has 1 aromatic carbocycles. The average molecular weight is 240 g/mol. The van der Waals surface area contributed by atoms with E-state index in [1.807, 2.05) is 0 Å². The van der Waals surface area contributed by atoms with Crippen molar-refractivity contribution in [3.63, 3.8) is 0 Å². The highest BCUT2D eigenvalue weighted by Gasteiger charge is 2.07. The van der Waals surface area contributed by atoms with E-state index >= 15 is 0 Å². The molecule has 0 aliphatic carbocycles. The molecule has 0 saturated heterocycles. The highest BCUT2D eigenvalue weighted by molar-refractivity contribution is 6.30. The van der Waals surface area contributed by atoms with Crippen LogP contribution in [0.25, 0.3) is 0 Å². The van der Waals surface area contributed by atoms with Gasteiger partial charge in [-0.25, -0.2) is 4.39 Å². The van der Waals surface area contributed by atoms with E-state index in [0.717, 1.165) is 0 Å². The Morgan fingerprint density at radius 2 is 2.12 bits per heavy atom. The van der Waals surface area contributed by atoms with Crippen LogP contribution in [-0.2, 0) is 13.1 Å².